The quantitative estimate of drug-likeness (QED) is 0.529. The zero-order valence-corrected chi connectivity index (χ0v) is 7.97. The van der Waals surface area contributed by atoms with Crippen molar-refractivity contribution < 1.29 is 4.58 Å². The summed E-state index contributed by atoms with van der Waals surface area (Å²) < 4.78 is 2.34. The van der Waals surface area contributed by atoms with E-state index in [2.05, 4.69) is 23.2 Å². The van der Waals surface area contributed by atoms with Crippen LogP contribution in [0.4, 0.5) is 0 Å². The van der Waals surface area contributed by atoms with E-state index in [9.17, 15) is 0 Å². The molecule has 0 bridgehead atoms. The molecule has 0 aromatic rings. The lowest BCUT2D eigenvalue weighted by Crippen LogP contribution is -2.41. The van der Waals surface area contributed by atoms with Crippen LogP contribution < -0.4 is 5.32 Å². The number of piperidine rings is 1. The first-order chi connectivity index (χ1) is 5.81. The molecule has 0 saturated carbocycles. The monoisotopic (exact) mass is 167 g/mol. The Morgan fingerprint density at radius 2 is 2.00 bits per heavy atom. The van der Waals surface area contributed by atoms with Crippen LogP contribution >= 0.6 is 0 Å². The summed E-state index contributed by atoms with van der Waals surface area (Å²) in [5, 5.41) is 3.44. The van der Waals surface area contributed by atoms with Crippen molar-refractivity contribution >= 4 is 6.21 Å². The summed E-state index contributed by atoms with van der Waals surface area (Å²) in [5.41, 5.74) is 0.678. The van der Waals surface area contributed by atoms with Gasteiger partial charge < -0.3 is 5.32 Å². The van der Waals surface area contributed by atoms with E-state index < -0.39 is 0 Å². The van der Waals surface area contributed by atoms with E-state index >= 15 is 0 Å². The molecule has 2 aliphatic rings. The van der Waals surface area contributed by atoms with Crippen molar-refractivity contribution in [3.05, 3.63) is 0 Å². The van der Waals surface area contributed by atoms with Crippen LogP contribution in [0.5, 0.6) is 0 Å². The topological polar surface area (TPSA) is 15.0 Å². The molecule has 1 N–H and O–H groups in total. The molecule has 12 heavy (non-hydrogen) atoms. The highest BCUT2D eigenvalue weighted by Crippen LogP contribution is 2.36. The van der Waals surface area contributed by atoms with Gasteiger partial charge in [-0.15, -0.1) is 0 Å². The molecule has 1 saturated heterocycles. The molecule has 68 valence electrons. The number of hydrogen-bond acceptors (Lipinski definition) is 1. The van der Waals surface area contributed by atoms with Crippen LogP contribution in [0.1, 0.15) is 25.7 Å². The number of nitrogens with zero attached hydrogens (tertiary/aromatic N) is 1. The van der Waals surface area contributed by atoms with Crippen LogP contribution in [0.3, 0.4) is 0 Å². The van der Waals surface area contributed by atoms with Crippen LogP contribution in [0.2, 0.25) is 0 Å². The average Bonchev–Trinajstić information content (AvgIpc) is 2.13. The van der Waals surface area contributed by atoms with Gasteiger partial charge in [-0.25, -0.2) is 4.58 Å². The van der Waals surface area contributed by atoms with E-state index in [1.165, 1.54) is 45.3 Å². The van der Waals surface area contributed by atoms with Gasteiger partial charge >= 0.3 is 0 Å². The van der Waals surface area contributed by atoms with Crippen molar-refractivity contribution in [2.45, 2.75) is 25.7 Å². The van der Waals surface area contributed by atoms with E-state index in [1.54, 1.807) is 0 Å². The van der Waals surface area contributed by atoms with Gasteiger partial charge in [-0.2, -0.15) is 0 Å². The minimum Gasteiger partial charge on any atom is -0.317 e. The Bertz CT molecular complexity index is 190. The maximum atomic E-state index is 3.44. The molecular formula is C10H19N2+. The third-order valence-electron chi connectivity index (χ3n) is 3.50. The second-order valence-electron chi connectivity index (χ2n) is 4.37. The Balaban J connectivity index is 2.02. The third kappa shape index (κ3) is 1.53. The molecule has 0 aliphatic carbocycles. The Kier molecular flexibility index (Phi) is 2.18. The molecular weight excluding hydrogens is 148 g/mol. The normalized spacial score (nSPS) is 28.6. The number of rotatable bonds is 0. The lowest BCUT2D eigenvalue weighted by atomic mass is 9.73. The lowest BCUT2D eigenvalue weighted by Gasteiger charge is -2.37. The van der Waals surface area contributed by atoms with Gasteiger partial charge in [0.2, 0.25) is 0 Å². The van der Waals surface area contributed by atoms with E-state index in [0.29, 0.717) is 5.41 Å². The largest absolute Gasteiger partial charge is 0.317 e. The van der Waals surface area contributed by atoms with E-state index in [4.69, 9.17) is 0 Å². The summed E-state index contributed by atoms with van der Waals surface area (Å²) in [6.07, 6.45) is 7.87. The predicted molar refractivity (Wildman–Crippen MR) is 50.9 cm³/mol. The first-order valence-electron chi connectivity index (χ1n) is 5.05. The summed E-state index contributed by atoms with van der Waals surface area (Å²) in [6.45, 7) is 3.73. The molecule has 0 aromatic heterocycles. The van der Waals surface area contributed by atoms with Crippen LogP contribution in [0, 0.1) is 5.41 Å². The fourth-order valence-electron chi connectivity index (χ4n) is 2.37. The van der Waals surface area contributed by atoms with Gasteiger partial charge in [0.25, 0.3) is 0 Å². The van der Waals surface area contributed by atoms with Crippen molar-refractivity contribution in [1.29, 1.82) is 0 Å². The molecule has 1 fully saturated rings. The highest BCUT2D eigenvalue weighted by molar-refractivity contribution is 5.53. The summed E-state index contributed by atoms with van der Waals surface area (Å²) in [5.74, 6) is 0. The maximum Gasteiger partial charge on any atom is 0.142 e. The van der Waals surface area contributed by atoms with E-state index in [0.717, 1.165) is 0 Å². The van der Waals surface area contributed by atoms with Crippen molar-refractivity contribution in [1.82, 2.24) is 5.32 Å². The third-order valence-corrected chi connectivity index (χ3v) is 3.50. The van der Waals surface area contributed by atoms with Gasteiger partial charge in [-0.05, 0) is 31.3 Å². The van der Waals surface area contributed by atoms with Gasteiger partial charge in [0, 0.05) is 12.8 Å². The van der Waals surface area contributed by atoms with Crippen LogP contribution in [-0.4, -0.2) is 37.5 Å². The minimum atomic E-state index is 0.678. The number of nitrogens with one attached hydrogen (secondary N) is 1. The Morgan fingerprint density at radius 1 is 1.25 bits per heavy atom. The summed E-state index contributed by atoms with van der Waals surface area (Å²) in [4.78, 5) is 0. The molecule has 0 unspecified atom stereocenters. The standard InChI is InChI=1S/C10H19N2/c1-12-8-4-10(5-9-12)2-6-11-7-3-10/h8,11H,2-7,9H2,1H3/q+1. The Morgan fingerprint density at radius 3 is 2.58 bits per heavy atom. The zero-order chi connectivity index (χ0) is 8.44. The zero-order valence-electron chi connectivity index (χ0n) is 7.97. The lowest BCUT2D eigenvalue weighted by molar-refractivity contribution is -0.502. The Hall–Kier alpha value is -0.370. The van der Waals surface area contributed by atoms with Crippen molar-refractivity contribution in [3.63, 3.8) is 0 Å². The fourth-order valence-corrected chi connectivity index (χ4v) is 2.37. The van der Waals surface area contributed by atoms with Crippen LogP contribution in [-0.2, 0) is 0 Å². The highest BCUT2D eigenvalue weighted by Gasteiger charge is 2.35. The van der Waals surface area contributed by atoms with Crippen molar-refractivity contribution in [3.8, 4) is 0 Å². The molecule has 0 radical (unpaired) electrons. The molecule has 2 rings (SSSR count). The first kappa shape index (κ1) is 8.24. The smallest absolute Gasteiger partial charge is 0.142 e. The second kappa shape index (κ2) is 3.17. The van der Waals surface area contributed by atoms with Gasteiger partial charge in [0.05, 0.1) is 0 Å². The SMILES string of the molecule is C[N+]1=CCC2(CCNCC2)CC1. The van der Waals surface area contributed by atoms with Gasteiger partial charge in [0.15, 0.2) is 0 Å². The predicted octanol–water partition coefficient (Wildman–Crippen LogP) is 0.863. The molecule has 2 heteroatoms. The highest BCUT2D eigenvalue weighted by atomic mass is 15.0. The number of hydrogen-bond donors (Lipinski definition) is 1. The molecule has 1 spiro atoms. The fraction of sp³-hybridized carbons (Fsp3) is 0.900. The maximum absolute atomic E-state index is 3.44. The molecule has 2 heterocycles. The first-order valence-corrected chi connectivity index (χ1v) is 5.05. The second-order valence-corrected chi connectivity index (χ2v) is 4.37. The van der Waals surface area contributed by atoms with Crippen molar-refractivity contribution in [2.24, 2.45) is 5.41 Å². The van der Waals surface area contributed by atoms with Crippen molar-refractivity contribution in [2.75, 3.05) is 26.7 Å². The minimum absolute atomic E-state index is 0.678. The molecule has 0 amide bonds. The Labute approximate surface area is 74.7 Å². The molecule has 0 atom stereocenters. The van der Waals surface area contributed by atoms with E-state index in [1.807, 2.05) is 0 Å². The molecule has 2 aliphatic heterocycles. The molecule has 2 nitrogen and oxygen atoms in total. The summed E-state index contributed by atoms with van der Waals surface area (Å²) in [6, 6.07) is 0. The van der Waals surface area contributed by atoms with Crippen LogP contribution in [0.25, 0.3) is 0 Å². The molecule has 0 aromatic carbocycles. The van der Waals surface area contributed by atoms with Gasteiger partial charge in [-0.1, -0.05) is 0 Å². The van der Waals surface area contributed by atoms with E-state index in [-0.39, 0.29) is 0 Å². The summed E-state index contributed by atoms with van der Waals surface area (Å²) >= 11 is 0. The van der Waals surface area contributed by atoms with Gasteiger partial charge in [-0.3, -0.25) is 0 Å². The van der Waals surface area contributed by atoms with Gasteiger partial charge in [0.1, 0.15) is 19.8 Å². The van der Waals surface area contributed by atoms with Crippen LogP contribution in [0.15, 0.2) is 0 Å². The average molecular weight is 167 g/mol. The summed E-state index contributed by atoms with van der Waals surface area (Å²) in [7, 11) is 2.19.